The zero-order valence-corrected chi connectivity index (χ0v) is 15.3. The van der Waals surface area contributed by atoms with E-state index in [4.69, 9.17) is 0 Å². The number of benzene rings is 2. The summed E-state index contributed by atoms with van der Waals surface area (Å²) in [6, 6.07) is 16.3. The van der Waals surface area contributed by atoms with Crippen LogP contribution in [0.15, 0.2) is 73.7 Å². The summed E-state index contributed by atoms with van der Waals surface area (Å²) in [5.74, 6) is 0.851. The summed E-state index contributed by atoms with van der Waals surface area (Å²) >= 11 is 3.40. The van der Waals surface area contributed by atoms with Crippen LogP contribution in [0, 0.1) is 0 Å². The Labute approximate surface area is 156 Å². The lowest BCUT2D eigenvalue weighted by molar-refractivity contribution is 0.793. The van der Waals surface area contributed by atoms with Crippen LogP contribution in [0.3, 0.4) is 0 Å². The van der Waals surface area contributed by atoms with E-state index < -0.39 is 11.2 Å². The number of H-pyrrole nitrogens is 1. The van der Waals surface area contributed by atoms with Crippen molar-refractivity contribution in [3.63, 3.8) is 0 Å². The molecule has 0 amide bonds. The number of anilines is 1. The van der Waals surface area contributed by atoms with Crippen molar-refractivity contribution in [1.29, 1.82) is 0 Å². The molecule has 1 aliphatic rings. The zero-order valence-electron chi connectivity index (χ0n) is 13.7. The third-order valence-corrected chi connectivity index (χ3v) is 4.55. The van der Waals surface area contributed by atoms with Crippen molar-refractivity contribution in [2.45, 2.75) is 0 Å². The largest absolute Gasteiger partial charge is 0.334 e. The monoisotopic (exact) mass is 411 g/mol. The fourth-order valence-electron chi connectivity index (χ4n) is 2.76. The lowest BCUT2D eigenvalue weighted by Gasteiger charge is -2.27. The maximum absolute atomic E-state index is 13.0. The van der Waals surface area contributed by atoms with Crippen molar-refractivity contribution in [3.8, 4) is 5.69 Å². The minimum Gasteiger partial charge on any atom is -0.290 e. The molecule has 0 bridgehead atoms. The molecular weight excluding hydrogens is 398 g/mol. The topological polar surface area (TPSA) is 82.5 Å². The smallest absolute Gasteiger partial charge is 0.290 e. The molecule has 7 nitrogen and oxygen atoms in total. The number of para-hydroxylation sites is 1. The first-order chi connectivity index (χ1) is 12.5. The maximum Gasteiger partial charge on any atom is 0.334 e. The second-order valence-electron chi connectivity index (χ2n) is 5.74. The Morgan fingerprint density at radius 2 is 1.69 bits per heavy atom. The summed E-state index contributed by atoms with van der Waals surface area (Å²) in [4.78, 5) is 32.6. The van der Waals surface area contributed by atoms with Crippen LogP contribution in [0.5, 0.6) is 0 Å². The van der Waals surface area contributed by atoms with Gasteiger partial charge in [-0.05, 0) is 24.3 Å². The summed E-state index contributed by atoms with van der Waals surface area (Å²) in [6.45, 7) is 0. The van der Waals surface area contributed by atoms with Crippen LogP contribution in [0.1, 0.15) is 5.56 Å². The molecule has 0 atom stereocenters. The first kappa shape index (κ1) is 16.3. The van der Waals surface area contributed by atoms with Crippen LogP contribution in [-0.2, 0) is 0 Å². The quantitative estimate of drug-likeness (QED) is 0.677. The Morgan fingerprint density at radius 1 is 1.00 bits per heavy atom. The van der Waals surface area contributed by atoms with Crippen molar-refractivity contribution in [2.75, 3.05) is 12.1 Å². The maximum atomic E-state index is 13.0. The molecule has 0 saturated heterocycles. The third kappa shape index (κ3) is 2.74. The second kappa shape index (κ2) is 6.30. The van der Waals surface area contributed by atoms with Gasteiger partial charge in [0, 0.05) is 17.1 Å². The minimum atomic E-state index is -0.518. The van der Waals surface area contributed by atoms with Crippen molar-refractivity contribution in [3.05, 3.63) is 85.5 Å². The van der Waals surface area contributed by atoms with Gasteiger partial charge in [0.05, 0.1) is 5.69 Å². The molecule has 26 heavy (non-hydrogen) atoms. The van der Waals surface area contributed by atoms with Gasteiger partial charge in [0.2, 0.25) is 0 Å². The molecule has 8 heteroatoms. The number of halogens is 1. The highest BCUT2D eigenvalue weighted by atomic mass is 79.9. The zero-order chi connectivity index (χ0) is 18.3. The van der Waals surface area contributed by atoms with Gasteiger partial charge in [-0.15, -0.1) is 0 Å². The number of hydrogen-bond donors (Lipinski definition) is 2. The van der Waals surface area contributed by atoms with Crippen LogP contribution < -0.4 is 21.7 Å². The number of aliphatic imine (C=N–C) groups is 1. The van der Waals surface area contributed by atoms with E-state index in [1.54, 1.807) is 36.3 Å². The summed E-state index contributed by atoms with van der Waals surface area (Å²) in [6.07, 6.45) is 0. The highest BCUT2D eigenvalue weighted by Gasteiger charge is 2.23. The van der Waals surface area contributed by atoms with Gasteiger partial charge in [-0.3, -0.25) is 20.2 Å². The van der Waals surface area contributed by atoms with E-state index in [9.17, 15) is 9.59 Å². The molecule has 0 spiro atoms. The van der Waals surface area contributed by atoms with Crippen LogP contribution in [0.25, 0.3) is 5.69 Å². The van der Waals surface area contributed by atoms with Crippen molar-refractivity contribution < 1.29 is 0 Å². The van der Waals surface area contributed by atoms with E-state index in [1.165, 1.54) is 0 Å². The van der Waals surface area contributed by atoms with Gasteiger partial charge >= 0.3 is 5.69 Å². The average Bonchev–Trinajstić information content (AvgIpc) is 2.64. The lowest BCUT2D eigenvalue weighted by Crippen LogP contribution is -2.46. The normalized spacial score (nSPS) is 13.0. The molecule has 0 saturated carbocycles. The average molecular weight is 412 g/mol. The number of hydrogen-bond acceptors (Lipinski definition) is 5. The number of aromatic amines is 1. The Bertz CT molecular complexity index is 1120. The second-order valence-corrected chi connectivity index (χ2v) is 6.66. The molecule has 0 fully saturated rings. The standard InChI is InChI=1S/C18H14BrN5O2/c1-23-16-14(20-15(22-23)11-7-9-12(19)10-8-11)17(25)24(18(26)21-16)13-5-3-2-4-6-13/h2-10H,1H3,(H,20,22)(H,21,26). The highest BCUT2D eigenvalue weighted by Crippen LogP contribution is 2.24. The SMILES string of the molecule is CN1NC(c2ccc(Br)cc2)=Nc2c1[nH]c(=O)n(-c1ccccc1)c2=O. The van der Waals surface area contributed by atoms with Gasteiger partial charge in [0.1, 0.15) is 0 Å². The van der Waals surface area contributed by atoms with E-state index in [0.29, 0.717) is 17.3 Å². The number of hydrazine groups is 1. The Morgan fingerprint density at radius 3 is 2.38 bits per heavy atom. The van der Waals surface area contributed by atoms with Crippen LogP contribution >= 0.6 is 15.9 Å². The fourth-order valence-corrected chi connectivity index (χ4v) is 3.02. The summed E-state index contributed by atoms with van der Waals surface area (Å²) in [7, 11) is 1.72. The Balaban J connectivity index is 1.93. The van der Waals surface area contributed by atoms with E-state index in [2.05, 4.69) is 31.3 Å². The van der Waals surface area contributed by atoms with E-state index in [-0.39, 0.29) is 5.69 Å². The van der Waals surface area contributed by atoms with Gasteiger partial charge in [-0.25, -0.2) is 14.4 Å². The number of fused-ring (bicyclic) bond motifs is 1. The molecule has 0 unspecified atom stereocenters. The molecule has 3 aromatic rings. The lowest BCUT2D eigenvalue weighted by atomic mass is 10.2. The molecule has 2 aromatic carbocycles. The molecule has 130 valence electrons. The third-order valence-electron chi connectivity index (χ3n) is 4.02. The van der Waals surface area contributed by atoms with E-state index in [0.717, 1.165) is 14.6 Å². The van der Waals surface area contributed by atoms with Gasteiger partial charge in [-0.1, -0.05) is 46.3 Å². The van der Waals surface area contributed by atoms with Gasteiger partial charge in [0.15, 0.2) is 17.3 Å². The first-order valence-corrected chi connectivity index (χ1v) is 8.63. The molecule has 2 heterocycles. The molecule has 0 aliphatic carbocycles. The number of amidine groups is 1. The van der Waals surface area contributed by atoms with Crippen molar-refractivity contribution in [1.82, 2.24) is 15.0 Å². The first-order valence-electron chi connectivity index (χ1n) is 7.84. The number of rotatable bonds is 2. The molecular formula is C18H14BrN5O2. The van der Waals surface area contributed by atoms with Crippen LogP contribution in [-0.4, -0.2) is 22.4 Å². The molecule has 0 radical (unpaired) electrons. The highest BCUT2D eigenvalue weighted by molar-refractivity contribution is 9.10. The Hall–Kier alpha value is -3.13. The number of nitrogens with one attached hydrogen (secondary N) is 2. The number of aromatic nitrogens is 2. The van der Waals surface area contributed by atoms with E-state index in [1.807, 2.05) is 30.3 Å². The fraction of sp³-hybridized carbons (Fsp3) is 0.0556. The van der Waals surface area contributed by atoms with Gasteiger partial charge in [-0.2, -0.15) is 0 Å². The minimum absolute atomic E-state index is 0.174. The summed E-state index contributed by atoms with van der Waals surface area (Å²) < 4.78 is 2.03. The molecule has 4 rings (SSSR count). The van der Waals surface area contributed by atoms with Crippen LogP contribution in [0.4, 0.5) is 11.5 Å². The number of nitrogens with zero attached hydrogens (tertiary/aromatic N) is 3. The van der Waals surface area contributed by atoms with E-state index >= 15 is 0 Å². The Kier molecular flexibility index (Phi) is 3.96. The van der Waals surface area contributed by atoms with Crippen molar-refractivity contribution >= 4 is 33.3 Å². The van der Waals surface area contributed by atoms with Gasteiger partial charge < -0.3 is 0 Å². The summed E-state index contributed by atoms with van der Waals surface area (Å²) in [5, 5.41) is 1.58. The predicted octanol–water partition coefficient (Wildman–Crippen LogP) is 2.32. The van der Waals surface area contributed by atoms with Crippen LogP contribution in [0.2, 0.25) is 0 Å². The molecule has 2 N–H and O–H groups in total. The summed E-state index contributed by atoms with van der Waals surface area (Å²) in [5.41, 5.74) is 3.56. The predicted molar refractivity (Wildman–Crippen MR) is 105 cm³/mol. The van der Waals surface area contributed by atoms with Gasteiger partial charge in [0.25, 0.3) is 5.56 Å². The molecule has 1 aromatic heterocycles. The van der Waals surface area contributed by atoms with Crippen molar-refractivity contribution in [2.24, 2.45) is 4.99 Å². The molecule has 1 aliphatic heterocycles.